The lowest BCUT2D eigenvalue weighted by Gasteiger charge is -2.31. The van der Waals surface area contributed by atoms with Gasteiger partial charge >= 0.3 is 0 Å². The Labute approximate surface area is 151 Å². The normalized spacial score (nSPS) is 19.1. The van der Waals surface area contributed by atoms with Crippen molar-refractivity contribution in [3.05, 3.63) is 39.7 Å². The van der Waals surface area contributed by atoms with E-state index in [9.17, 15) is 4.79 Å². The van der Waals surface area contributed by atoms with Crippen molar-refractivity contribution in [1.82, 2.24) is 9.88 Å². The molecule has 1 aromatic carbocycles. The third-order valence-electron chi connectivity index (χ3n) is 5.23. The lowest BCUT2D eigenvalue weighted by molar-refractivity contribution is 0.102. The van der Waals surface area contributed by atoms with E-state index in [1.807, 2.05) is 23.9 Å². The van der Waals surface area contributed by atoms with Crippen LogP contribution in [0.2, 0.25) is 0 Å². The average molecular weight is 359 g/mol. The maximum Gasteiger partial charge on any atom is 0.252 e. The van der Waals surface area contributed by atoms with Gasteiger partial charge in [0.15, 0.2) is 0 Å². The van der Waals surface area contributed by atoms with Crippen molar-refractivity contribution in [1.29, 1.82) is 0 Å². The number of ether oxygens (including phenoxy) is 1. The average Bonchev–Trinajstić information content (AvgIpc) is 2.64. The van der Waals surface area contributed by atoms with Gasteiger partial charge < -0.3 is 20.4 Å². The first kappa shape index (κ1) is 16.9. The fourth-order valence-corrected chi connectivity index (χ4v) is 4.87. The fraction of sp³-hybridized carbons (Fsp3) is 0.526. The summed E-state index contributed by atoms with van der Waals surface area (Å²) in [5.41, 5.74) is 8.77. The van der Waals surface area contributed by atoms with Crippen molar-refractivity contribution in [2.75, 3.05) is 31.9 Å². The minimum atomic E-state index is 0.0654. The molecule has 1 fully saturated rings. The van der Waals surface area contributed by atoms with Gasteiger partial charge in [0.1, 0.15) is 11.9 Å². The highest BCUT2D eigenvalue weighted by Crippen LogP contribution is 2.30. The second-order valence-corrected chi connectivity index (χ2v) is 7.97. The Morgan fingerprint density at radius 3 is 2.92 bits per heavy atom. The quantitative estimate of drug-likeness (QED) is 0.875. The summed E-state index contributed by atoms with van der Waals surface area (Å²) in [4.78, 5) is 17.7. The van der Waals surface area contributed by atoms with Crippen LogP contribution in [0.3, 0.4) is 0 Å². The summed E-state index contributed by atoms with van der Waals surface area (Å²) in [5.74, 6) is 2.80. The van der Waals surface area contributed by atoms with Crippen LogP contribution in [0.1, 0.15) is 24.0 Å². The molecule has 25 heavy (non-hydrogen) atoms. The number of piperidine rings is 1. The molecule has 1 aromatic heterocycles. The minimum Gasteiger partial charge on any atom is -0.490 e. The van der Waals surface area contributed by atoms with Gasteiger partial charge in [-0.25, -0.2) is 0 Å². The van der Waals surface area contributed by atoms with Crippen LogP contribution in [0.4, 0.5) is 0 Å². The molecule has 2 aliphatic rings. The number of aromatic nitrogens is 1. The topological polar surface area (TPSA) is 71.3 Å². The van der Waals surface area contributed by atoms with E-state index in [1.54, 1.807) is 0 Å². The summed E-state index contributed by atoms with van der Waals surface area (Å²) >= 11 is 1.83. The molecule has 0 saturated carbocycles. The van der Waals surface area contributed by atoms with E-state index in [0.29, 0.717) is 0 Å². The lowest BCUT2D eigenvalue weighted by Crippen LogP contribution is -2.40. The van der Waals surface area contributed by atoms with Crippen molar-refractivity contribution in [2.45, 2.75) is 31.1 Å². The van der Waals surface area contributed by atoms with Crippen LogP contribution in [0.15, 0.2) is 23.0 Å². The van der Waals surface area contributed by atoms with Gasteiger partial charge in [-0.15, -0.1) is 0 Å². The molecule has 0 atom stereocenters. The van der Waals surface area contributed by atoms with Gasteiger partial charge in [0.05, 0.1) is 0 Å². The predicted molar refractivity (Wildman–Crippen MR) is 104 cm³/mol. The number of likely N-dealkylation sites (tertiary alicyclic amines) is 1. The van der Waals surface area contributed by atoms with E-state index in [2.05, 4.69) is 16.0 Å². The van der Waals surface area contributed by atoms with Crippen LogP contribution < -0.4 is 16.0 Å². The molecule has 0 spiro atoms. The van der Waals surface area contributed by atoms with Crippen LogP contribution in [0.5, 0.6) is 5.75 Å². The largest absolute Gasteiger partial charge is 0.490 e. The molecule has 1 saturated heterocycles. The van der Waals surface area contributed by atoms with Crippen molar-refractivity contribution in [3.63, 3.8) is 0 Å². The van der Waals surface area contributed by atoms with Crippen molar-refractivity contribution in [2.24, 2.45) is 5.73 Å². The molecule has 2 aromatic rings. The molecular formula is C19H25N3O2S. The lowest BCUT2D eigenvalue weighted by atomic mass is 10.0. The molecule has 134 valence electrons. The molecule has 0 bridgehead atoms. The van der Waals surface area contributed by atoms with Gasteiger partial charge in [0.2, 0.25) is 0 Å². The zero-order chi connectivity index (χ0) is 17.2. The third kappa shape index (κ3) is 3.57. The van der Waals surface area contributed by atoms with Gasteiger partial charge in [-0.05, 0) is 48.8 Å². The molecular weight excluding hydrogens is 334 g/mol. The van der Waals surface area contributed by atoms with Gasteiger partial charge in [0, 0.05) is 48.4 Å². The standard InChI is InChI=1S/C19H25N3O2S/c20-6-9-22-7-3-13(4-8-22)24-14-1-2-18-16(11-14)15-5-10-25-12-17(15)19(23)21-18/h1-2,11,13H,3-10,12,20H2,(H,21,23). The first-order valence-corrected chi connectivity index (χ1v) is 10.2. The molecule has 5 nitrogen and oxygen atoms in total. The zero-order valence-electron chi connectivity index (χ0n) is 14.4. The first-order valence-electron chi connectivity index (χ1n) is 9.09. The number of nitrogens with zero attached hydrogens (tertiary/aromatic N) is 1. The zero-order valence-corrected chi connectivity index (χ0v) is 15.2. The van der Waals surface area contributed by atoms with Crippen LogP contribution in [-0.2, 0) is 12.2 Å². The van der Waals surface area contributed by atoms with Gasteiger partial charge in [-0.2, -0.15) is 11.8 Å². The minimum absolute atomic E-state index is 0.0654. The number of hydrogen-bond donors (Lipinski definition) is 2. The molecule has 3 heterocycles. The van der Waals surface area contributed by atoms with Gasteiger partial charge in [0.25, 0.3) is 5.56 Å². The monoisotopic (exact) mass is 359 g/mol. The highest BCUT2D eigenvalue weighted by Gasteiger charge is 2.21. The van der Waals surface area contributed by atoms with Crippen molar-refractivity contribution >= 4 is 22.7 Å². The third-order valence-corrected chi connectivity index (χ3v) is 6.21. The van der Waals surface area contributed by atoms with Gasteiger partial charge in [-0.1, -0.05) is 0 Å². The van der Waals surface area contributed by atoms with Gasteiger partial charge in [-0.3, -0.25) is 4.79 Å². The first-order chi connectivity index (χ1) is 12.2. The Morgan fingerprint density at radius 1 is 1.28 bits per heavy atom. The van der Waals surface area contributed by atoms with E-state index >= 15 is 0 Å². The molecule has 6 heteroatoms. The maximum atomic E-state index is 12.2. The molecule has 3 N–H and O–H groups in total. The molecule has 0 radical (unpaired) electrons. The Bertz CT molecular complexity index is 812. The second kappa shape index (κ2) is 7.40. The Kier molecular flexibility index (Phi) is 5.01. The number of aromatic amines is 1. The summed E-state index contributed by atoms with van der Waals surface area (Å²) in [6.07, 6.45) is 3.30. The highest BCUT2D eigenvalue weighted by molar-refractivity contribution is 7.98. The van der Waals surface area contributed by atoms with Crippen LogP contribution in [-0.4, -0.2) is 47.9 Å². The number of hydrogen-bond acceptors (Lipinski definition) is 5. The Morgan fingerprint density at radius 2 is 2.12 bits per heavy atom. The number of nitrogens with one attached hydrogen (secondary N) is 1. The fourth-order valence-electron chi connectivity index (χ4n) is 3.87. The van der Waals surface area contributed by atoms with Crippen LogP contribution in [0.25, 0.3) is 10.9 Å². The van der Waals surface area contributed by atoms with E-state index in [1.165, 1.54) is 5.56 Å². The summed E-state index contributed by atoms with van der Waals surface area (Å²) in [5, 5.41) is 1.15. The number of benzene rings is 1. The SMILES string of the molecule is NCCN1CCC(Oc2ccc3[nH]c(=O)c4c(c3c2)CCSC4)CC1. The number of nitrogens with two attached hydrogens (primary N) is 1. The summed E-state index contributed by atoms with van der Waals surface area (Å²) in [7, 11) is 0. The van der Waals surface area contributed by atoms with Crippen molar-refractivity contribution in [3.8, 4) is 5.75 Å². The number of fused-ring (bicyclic) bond motifs is 3. The molecule has 0 amide bonds. The van der Waals surface area contributed by atoms with E-state index in [4.69, 9.17) is 10.5 Å². The number of pyridine rings is 1. The number of rotatable bonds is 4. The number of aryl methyl sites for hydroxylation is 1. The molecule has 0 unspecified atom stereocenters. The van der Waals surface area contributed by atoms with Crippen LogP contribution >= 0.6 is 11.8 Å². The Balaban J connectivity index is 1.55. The molecule has 0 aliphatic carbocycles. The van der Waals surface area contributed by atoms with Crippen LogP contribution in [0, 0.1) is 0 Å². The highest BCUT2D eigenvalue weighted by atomic mass is 32.2. The van der Waals surface area contributed by atoms with E-state index in [0.717, 1.165) is 79.2 Å². The maximum absolute atomic E-state index is 12.2. The summed E-state index contributed by atoms with van der Waals surface area (Å²) in [6.45, 7) is 3.79. The number of H-pyrrole nitrogens is 1. The predicted octanol–water partition coefficient (Wildman–Crippen LogP) is 2.12. The molecule has 4 rings (SSSR count). The second-order valence-electron chi connectivity index (χ2n) is 6.87. The number of thioether (sulfide) groups is 1. The van der Waals surface area contributed by atoms with E-state index < -0.39 is 0 Å². The summed E-state index contributed by atoms with van der Waals surface area (Å²) in [6, 6.07) is 6.08. The molecule has 2 aliphatic heterocycles. The van der Waals surface area contributed by atoms with E-state index in [-0.39, 0.29) is 11.7 Å². The van der Waals surface area contributed by atoms with Crippen molar-refractivity contribution < 1.29 is 4.74 Å². The smallest absolute Gasteiger partial charge is 0.252 e. The summed E-state index contributed by atoms with van der Waals surface area (Å²) < 4.78 is 6.26. The Hall–Kier alpha value is -1.50.